The van der Waals surface area contributed by atoms with Crippen molar-refractivity contribution in [2.75, 3.05) is 4.90 Å². The van der Waals surface area contributed by atoms with E-state index < -0.39 is 11.5 Å². The molecule has 0 unspecified atom stereocenters. The van der Waals surface area contributed by atoms with Gasteiger partial charge < -0.3 is 10.0 Å². The molecule has 0 spiro atoms. The first-order valence-corrected chi connectivity index (χ1v) is 12.6. The number of carboxylic acid groups (broad SMARTS) is 1. The second-order valence-electron chi connectivity index (χ2n) is 10.8. The lowest BCUT2D eigenvalue weighted by Gasteiger charge is -2.63. The maximum atomic E-state index is 13.4. The van der Waals surface area contributed by atoms with Crippen molar-refractivity contribution in [2.24, 2.45) is 23.2 Å². The Morgan fingerprint density at radius 3 is 2.52 bits per heavy atom. The quantitative estimate of drug-likeness (QED) is 0.612. The maximum absolute atomic E-state index is 13.4. The Hall–Kier alpha value is -2.22. The molecule has 33 heavy (non-hydrogen) atoms. The highest BCUT2D eigenvalue weighted by molar-refractivity contribution is 9.10. The van der Waals surface area contributed by atoms with Crippen molar-refractivity contribution >= 4 is 27.6 Å². The number of rotatable bonds is 6. The first-order chi connectivity index (χ1) is 15.7. The van der Waals surface area contributed by atoms with Gasteiger partial charge in [-0.2, -0.15) is 5.10 Å². The van der Waals surface area contributed by atoms with Crippen LogP contribution in [0.5, 0.6) is 0 Å². The number of carbonyl (C=O) groups is 1. The smallest absolute Gasteiger partial charge is 0.331 e. The Bertz CT molecular complexity index is 1130. The molecule has 0 amide bonds. The van der Waals surface area contributed by atoms with Gasteiger partial charge in [-0.15, -0.1) is 0 Å². The number of hydrogen-bond donors (Lipinski definition) is 1. The van der Waals surface area contributed by atoms with E-state index in [1.165, 1.54) is 11.1 Å². The normalized spacial score (nSPS) is 29.0. The van der Waals surface area contributed by atoms with Crippen LogP contribution in [0.25, 0.3) is 0 Å². The number of nitrogens with zero attached hydrogens (tertiary/aromatic N) is 4. The van der Waals surface area contributed by atoms with Gasteiger partial charge in [0.25, 0.3) is 5.56 Å². The highest BCUT2D eigenvalue weighted by Gasteiger charge is 2.57. The molecule has 0 aromatic carbocycles. The molecule has 8 heteroatoms. The highest BCUT2D eigenvalue weighted by atomic mass is 79.9. The van der Waals surface area contributed by atoms with Gasteiger partial charge >= 0.3 is 5.97 Å². The predicted molar refractivity (Wildman–Crippen MR) is 129 cm³/mol. The number of carboxylic acids is 1. The molecule has 0 saturated heterocycles. The molecule has 2 aromatic rings. The molecule has 176 valence electrons. The first kappa shape index (κ1) is 22.6. The molecule has 0 aliphatic heterocycles. The largest absolute Gasteiger partial charge is 0.479 e. The van der Waals surface area contributed by atoms with Gasteiger partial charge in [-0.05, 0) is 88.9 Å². The molecule has 1 N–H and O–H groups in total. The molecule has 6 rings (SSSR count). The molecule has 2 heterocycles. The zero-order valence-corrected chi connectivity index (χ0v) is 21.0. The molecule has 4 atom stereocenters. The molecule has 2 bridgehead atoms. The third kappa shape index (κ3) is 3.35. The summed E-state index contributed by atoms with van der Waals surface area (Å²) in [5.74, 6) is 0.803. The summed E-state index contributed by atoms with van der Waals surface area (Å²) in [6, 6.07) is 4.28. The van der Waals surface area contributed by atoms with Crippen LogP contribution in [0.4, 0.5) is 5.69 Å². The molecular weight excluding hydrogens is 484 g/mol. The fourth-order valence-corrected chi connectivity index (χ4v) is 7.06. The molecule has 7 nitrogen and oxygen atoms in total. The average Bonchev–Trinajstić information content (AvgIpc) is 2.75. The number of pyridine rings is 1. The van der Waals surface area contributed by atoms with Crippen molar-refractivity contribution in [1.29, 1.82) is 0 Å². The standard InChI is InChI=1S/C25H31BrN4O3/c1-15-18-11-17(24(18,2)3)12-19(15)29(14-16-5-9-27-10-6-16)20-13-28-30(22(31)21(20)26)25(23(32)33)7-4-8-25/h5-6,9-10,13,15,17-19H,4,7-8,11-12,14H2,1-3H3,(H,32,33)/t15-,17+,18-,19-/m1/s1. The van der Waals surface area contributed by atoms with E-state index in [0.717, 1.165) is 24.1 Å². The molecular formula is C25H31BrN4O3. The number of anilines is 1. The van der Waals surface area contributed by atoms with Crippen LogP contribution in [0.2, 0.25) is 0 Å². The second kappa shape index (κ2) is 7.93. The van der Waals surface area contributed by atoms with Crippen molar-refractivity contribution in [1.82, 2.24) is 14.8 Å². The minimum absolute atomic E-state index is 0.278. The lowest BCUT2D eigenvalue weighted by atomic mass is 9.44. The third-order valence-electron chi connectivity index (χ3n) is 9.01. The van der Waals surface area contributed by atoms with E-state index >= 15 is 0 Å². The Morgan fingerprint density at radius 1 is 1.27 bits per heavy atom. The van der Waals surface area contributed by atoms with Crippen LogP contribution in [0.15, 0.2) is 40.0 Å². The summed E-state index contributed by atoms with van der Waals surface area (Å²) in [5, 5.41) is 14.3. The zero-order chi connectivity index (χ0) is 23.5. The lowest BCUT2D eigenvalue weighted by Crippen LogP contribution is -2.61. The minimum atomic E-state index is -1.22. The number of halogens is 1. The number of aromatic nitrogens is 3. The monoisotopic (exact) mass is 514 g/mol. The van der Waals surface area contributed by atoms with Crippen molar-refractivity contribution in [3.8, 4) is 0 Å². The Labute approximate surface area is 202 Å². The summed E-state index contributed by atoms with van der Waals surface area (Å²) in [6.45, 7) is 7.75. The Kier molecular flexibility index (Phi) is 5.42. The molecule has 4 aliphatic rings. The molecule has 4 fully saturated rings. The fourth-order valence-electron chi connectivity index (χ4n) is 6.56. The molecule has 4 aliphatic carbocycles. The zero-order valence-electron chi connectivity index (χ0n) is 19.4. The van der Waals surface area contributed by atoms with Crippen LogP contribution in [0, 0.1) is 23.2 Å². The highest BCUT2D eigenvalue weighted by Crippen LogP contribution is 2.62. The van der Waals surface area contributed by atoms with E-state index in [1.807, 2.05) is 12.1 Å². The van der Waals surface area contributed by atoms with E-state index in [1.54, 1.807) is 18.6 Å². The molecule has 4 saturated carbocycles. The molecule has 2 aromatic heterocycles. The summed E-state index contributed by atoms with van der Waals surface area (Å²) < 4.78 is 1.58. The van der Waals surface area contributed by atoms with Crippen molar-refractivity contribution < 1.29 is 9.90 Å². The van der Waals surface area contributed by atoms with Crippen LogP contribution >= 0.6 is 15.9 Å². The Balaban J connectivity index is 1.55. The van der Waals surface area contributed by atoms with Gasteiger partial charge in [-0.25, -0.2) is 9.48 Å². The number of aliphatic carboxylic acids is 1. The lowest BCUT2D eigenvalue weighted by molar-refractivity contribution is -0.153. The van der Waals surface area contributed by atoms with E-state index in [2.05, 4.69) is 51.7 Å². The van der Waals surface area contributed by atoms with Crippen LogP contribution in [0.3, 0.4) is 0 Å². The summed E-state index contributed by atoms with van der Waals surface area (Å²) in [6.07, 6.45) is 9.26. The third-order valence-corrected chi connectivity index (χ3v) is 9.76. The topological polar surface area (TPSA) is 88.3 Å². The summed E-state index contributed by atoms with van der Waals surface area (Å²) >= 11 is 3.55. The van der Waals surface area contributed by atoms with Crippen molar-refractivity contribution in [2.45, 2.75) is 71.0 Å². The van der Waals surface area contributed by atoms with Gasteiger partial charge in [0.2, 0.25) is 0 Å². The van der Waals surface area contributed by atoms with E-state index in [0.29, 0.717) is 47.0 Å². The second-order valence-corrected chi connectivity index (χ2v) is 11.6. The summed E-state index contributed by atoms with van der Waals surface area (Å²) in [5.41, 5.74) is 0.618. The predicted octanol–water partition coefficient (Wildman–Crippen LogP) is 4.44. The van der Waals surface area contributed by atoms with Gasteiger partial charge in [0, 0.05) is 25.0 Å². The average molecular weight is 515 g/mol. The minimum Gasteiger partial charge on any atom is -0.479 e. The van der Waals surface area contributed by atoms with Crippen LogP contribution in [-0.2, 0) is 16.9 Å². The van der Waals surface area contributed by atoms with E-state index in [-0.39, 0.29) is 11.6 Å². The van der Waals surface area contributed by atoms with E-state index in [4.69, 9.17) is 0 Å². The van der Waals surface area contributed by atoms with Crippen LogP contribution in [-0.4, -0.2) is 31.9 Å². The number of hydrogen-bond acceptors (Lipinski definition) is 5. The van der Waals surface area contributed by atoms with Gasteiger partial charge in [0.05, 0.1) is 11.9 Å². The van der Waals surface area contributed by atoms with Crippen LogP contribution < -0.4 is 10.5 Å². The summed E-state index contributed by atoms with van der Waals surface area (Å²) in [4.78, 5) is 31.8. The van der Waals surface area contributed by atoms with Crippen molar-refractivity contribution in [3.63, 3.8) is 0 Å². The van der Waals surface area contributed by atoms with Crippen LogP contribution in [0.1, 0.15) is 58.4 Å². The van der Waals surface area contributed by atoms with Gasteiger partial charge in [0.15, 0.2) is 5.54 Å². The van der Waals surface area contributed by atoms with Gasteiger partial charge in [0.1, 0.15) is 4.47 Å². The first-order valence-electron chi connectivity index (χ1n) is 11.8. The van der Waals surface area contributed by atoms with Gasteiger partial charge in [-0.3, -0.25) is 9.78 Å². The molecule has 0 radical (unpaired) electrons. The van der Waals surface area contributed by atoms with Gasteiger partial charge in [-0.1, -0.05) is 20.8 Å². The Morgan fingerprint density at radius 2 is 1.97 bits per heavy atom. The maximum Gasteiger partial charge on any atom is 0.331 e. The SMILES string of the molecule is C[C@H]1[C@H](N(Cc2ccncc2)c2cnn(C3(C(=O)O)CCC3)c(=O)c2Br)C[C@@H]2C[C@H]1C2(C)C. The summed E-state index contributed by atoms with van der Waals surface area (Å²) in [7, 11) is 0. The van der Waals surface area contributed by atoms with E-state index in [9.17, 15) is 14.7 Å². The number of fused-ring (bicyclic) bond motifs is 2. The van der Waals surface area contributed by atoms with Crippen molar-refractivity contribution in [3.05, 3.63) is 51.1 Å². The fraction of sp³-hybridized carbons (Fsp3) is 0.600.